The quantitative estimate of drug-likeness (QED) is 0.177. The van der Waals surface area contributed by atoms with Crippen LogP contribution in [0.2, 0.25) is 0 Å². The molecule has 0 bridgehead atoms. The van der Waals surface area contributed by atoms with Crippen LogP contribution in [0.3, 0.4) is 0 Å². The van der Waals surface area contributed by atoms with Crippen LogP contribution in [0.5, 0.6) is 5.75 Å². The summed E-state index contributed by atoms with van der Waals surface area (Å²) in [4.78, 5) is 9.18. The summed E-state index contributed by atoms with van der Waals surface area (Å²) < 4.78 is 19.6. The Bertz CT molecular complexity index is 971. The van der Waals surface area contributed by atoms with Gasteiger partial charge in [0.15, 0.2) is 5.82 Å². The molecule has 1 aromatic heterocycles. The average molecular weight is 491 g/mol. The lowest BCUT2D eigenvalue weighted by atomic mass is 10.0. The second kappa shape index (κ2) is 16.1. The lowest BCUT2D eigenvalue weighted by molar-refractivity contribution is 0.184. The van der Waals surface area contributed by atoms with E-state index in [1.165, 1.54) is 50.5 Å². The summed E-state index contributed by atoms with van der Waals surface area (Å²) in [6.45, 7) is 4.50. The van der Waals surface area contributed by atoms with Gasteiger partial charge < -0.3 is 4.74 Å². The molecule has 194 valence electrons. The predicted molar refractivity (Wildman–Crippen MR) is 149 cm³/mol. The molecule has 1 atom stereocenters. The van der Waals surface area contributed by atoms with E-state index in [0.717, 1.165) is 48.2 Å². The van der Waals surface area contributed by atoms with Crippen molar-refractivity contribution in [2.45, 2.75) is 97.1 Å². The summed E-state index contributed by atoms with van der Waals surface area (Å²) >= 11 is 0. The number of hydrogen-bond acceptors (Lipinski definition) is 3. The topological polar surface area (TPSA) is 35.0 Å². The molecule has 2 aromatic carbocycles. The molecule has 0 N–H and O–H groups in total. The van der Waals surface area contributed by atoms with Crippen molar-refractivity contribution >= 4 is 0 Å². The molecule has 0 radical (unpaired) electrons. The van der Waals surface area contributed by atoms with E-state index in [9.17, 15) is 4.39 Å². The minimum Gasteiger partial charge on any atom is -0.491 e. The summed E-state index contributed by atoms with van der Waals surface area (Å²) in [5.74, 6) is 1.42. The van der Waals surface area contributed by atoms with Crippen LogP contribution in [-0.4, -0.2) is 22.7 Å². The van der Waals surface area contributed by atoms with Crippen LogP contribution >= 0.6 is 0 Å². The summed E-state index contributed by atoms with van der Waals surface area (Å²) in [6.07, 6.45) is 17.0. The number of nitrogens with zero attached hydrogens (tertiary/aromatic N) is 2. The summed E-state index contributed by atoms with van der Waals surface area (Å²) in [5.41, 5.74) is 4.38. The SMILES string of the molecule is CCCCCCCCCc1ccc(-c2ncc(-c3ccc(OCC(F)CCCCC)cc3)cn2)cc1. The molecule has 3 aromatic rings. The summed E-state index contributed by atoms with van der Waals surface area (Å²) in [6, 6.07) is 16.4. The van der Waals surface area contributed by atoms with Crippen LogP contribution in [0.4, 0.5) is 4.39 Å². The third-order valence-electron chi connectivity index (χ3n) is 6.67. The Labute approximate surface area is 217 Å². The van der Waals surface area contributed by atoms with Gasteiger partial charge in [-0.3, -0.25) is 0 Å². The highest BCUT2D eigenvalue weighted by molar-refractivity contribution is 5.64. The number of unbranched alkanes of at least 4 members (excludes halogenated alkanes) is 8. The van der Waals surface area contributed by atoms with Crippen LogP contribution in [0, 0.1) is 0 Å². The Morgan fingerprint density at radius 2 is 1.25 bits per heavy atom. The highest BCUT2D eigenvalue weighted by Crippen LogP contribution is 2.24. The van der Waals surface area contributed by atoms with E-state index >= 15 is 0 Å². The van der Waals surface area contributed by atoms with Crippen molar-refractivity contribution in [3.05, 3.63) is 66.5 Å². The highest BCUT2D eigenvalue weighted by atomic mass is 19.1. The van der Waals surface area contributed by atoms with Gasteiger partial charge in [-0.15, -0.1) is 0 Å². The maximum atomic E-state index is 13.9. The van der Waals surface area contributed by atoms with Crippen LogP contribution in [0.15, 0.2) is 60.9 Å². The molecular formula is C32H43FN2O. The van der Waals surface area contributed by atoms with E-state index < -0.39 is 6.17 Å². The van der Waals surface area contributed by atoms with Gasteiger partial charge in [0, 0.05) is 23.5 Å². The smallest absolute Gasteiger partial charge is 0.159 e. The van der Waals surface area contributed by atoms with Gasteiger partial charge in [0.2, 0.25) is 0 Å². The number of halogens is 1. The molecule has 4 heteroatoms. The van der Waals surface area contributed by atoms with Gasteiger partial charge in [-0.05, 0) is 42.5 Å². The zero-order chi connectivity index (χ0) is 25.4. The first kappa shape index (κ1) is 27.8. The third-order valence-corrected chi connectivity index (χ3v) is 6.67. The third kappa shape index (κ3) is 9.72. The Hall–Kier alpha value is -2.75. The van der Waals surface area contributed by atoms with Gasteiger partial charge in [-0.2, -0.15) is 0 Å². The van der Waals surface area contributed by atoms with Crippen molar-refractivity contribution in [2.75, 3.05) is 6.61 Å². The van der Waals surface area contributed by atoms with Crippen molar-refractivity contribution in [3.63, 3.8) is 0 Å². The predicted octanol–water partition coefficient (Wildman–Crippen LogP) is 9.40. The number of alkyl halides is 1. The molecule has 3 rings (SSSR count). The van der Waals surface area contributed by atoms with Gasteiger partial charge in [0.05, 0.1) is 0 Å². The van der Waals surface area contributed by atoms with Crippen LogP contribution < -0.4 is 4.74 Å². The van der Waals surface area contributed by atoms with E-state index in [0.29, 0.717) is 12.2 Å². The van der Waals surface area contributed by atoms with Gasteiger partial charge in [0.25, 0.3) is 0 Å². The molecule has 0 spiro atoms. The van der Waals surface area contributed by atoms with Crippen LogP contribution in [0.1, 0.15) is 90.0 Å². The normalized spacial score (nSPS) is 12.0. The van der Waals surface area contributed by atoms with Crippen LogP contribution in [-0.2, 0) is 6.42 Å². The van der Waals surface area contributed by atoms with Gasteiger partial charge in [0.1, 0.15) is 18.5 Å². The van der Waals surface area contributed by atoms with Crippen molar-refractivity contribution < 1.29 is 9.13 Å². The van der Waals surface area contributed by atoms with Gasteiger partial charge in [-0.1, -0.05) is 108 Å². The molecule has 1 heterocycles. The monoisotopic (exact) mass is 490 g/mol. The molecule has 0 fully saturated rings. The van der Waals surface area contributed by atoms with E-state index in [1.807, 2.05) is 36.7 Å². The fourth-order valence-corrected chi connectivity index (χ4v) is 4.36. The highest BCUT2D eigenvalue weighted by Gasteiger charge is 2.08. The Morgan fingerprint density at radius 3 is 1.92 bits per heavy atom. The fourth-order valence-electron chi connectivity index (χ4n) is 4.36. The molecule has 0 aliphatic rings. The number of benzene rings is 2. The average Bonchev–Trinajstić information content (AvgIpc) is 2.92. The molecular weight excluding hydrogens is 447 g/mol. The van der Waals surface area contributed by atoms with Gasteiger partial charge >= 0.3 is 0 Å². The van der Waals surface area contributed by atoms with E-state index in [-0.39, 0.29) is 6.61 Å². The maximum Gasteiger partial charge on any atom is 0.159 e. The minimum absolute atomic E-state index is 0.110. The molecule has 0 amide bonds. The molecule has 0 aliphatic heterocycles. The van der Waals surface area contributed by atoms with E-state index in [1.54, 1.807) is 0 Å². The van der Waals surface area contributed by atoms with Crippen molar-refractivity contribution in [1.29, 1.82) is 0 Å². The Morgan fingerprint density at radius 1 is 0.667 bits per heavy atom. The lowest BCUT2D eigenvalue weighted by Gasteiger charge is -2.11. The summed E-state index contributed by atoms with van der Waals surface area (Å²) in [5, 5.41) is 0. The molecule has 0 aliphatic carbocycles. The number of aromatic nitrogens is 2. The molecule has 0 saturated carbocycles. The maximum absolute atomic E-state index is 13.9. The van der Waals surface area contributed by atoms with Crippen molar-refractivity contribution in [3.8, 4) is 28.3 Å². The van der Waals surface area contributed by atoms with Gasteiger partial charge in [-0.25, -0.2) is 14.4 Å². The number of hydrogen-bond donors (Lipinski definition) is 0. The standard InChI is InChI=1S/C32H43FN2O/c1-3-5-7-8-9-10-12-13-26-15-17-28(18-16-26)32-34-23-29(24-35-32)27-19-21-31(22-20-27)36-25-30(33)14-11-6-4-2/h15-24,30H,3-14,25H2,1-2H3. The first-order valence-electron chi connectivity index (χ1n) is 14.0. The second-order valence-corrected chi connectivity index (χ2v) is 9.79. The number of ether oxygens (including phenoxy) is 1. The largest absolute Gasteiger partial charge is 0.491 e. The number of rotatable bonds is 17. The second-order valence-electron chi connectivity index (χ2n) is 9.79. The van der Waals surface area contributed by atoms with Crippen molar-refractivity contribution in [2.24, 2.45) is 0 Å². The molecule has 1 unspecified atom stereocenters. The fraction of sp³-hybridized carbons (Fsp3) is 0.500. The Balaban J connectivity index is 1.45. The molecule has 3 nitrogen and oxygen atoms in total. The van der Waals surface area contributed by atoms with Crippen LogP contribution in [0.25, 0.3) is 22.5 Å². The Kier molecular flexibility index (Phi) is 12.4. The first-order chi connectivity index (χ1) is 17.7. The van der Waals surface area contributed by atoms with E-state index in [4.69, 9.17) is 4.74 Å². The van der Waals surface area contributed by atoms with Crippen molar-refractivity contribution in [1.82, 2.24) is 9.97 Å². The molecule has 0 saturated heterocycles. The first-order valence-corrected chi connectivity index (χ1v) is 14.0. The zero-order valence-corrected chi connectivity index (χ0v) is 22.2. The minimum atomic E-state index is -0.911. The lowest BCUT2D eigenvalue weighted by Crippen LogP contribution is -2.12. The zero-order valence-electron chi connectivity index (χ0n) is 22.2. The van der Waals surface area contributed by atoms with E-state index in [2.05, 4.69) is 48.1 Å². The number of aryl methyl sites for hydroxylation is 1. The molecule has 36 heavy (non-hydrogen) atoms. The summed E-state index contributed by atoms with van der Waals surface area (Å²) in [7, 11) is 0.